The molecular weight excluding hydrogens is 340 g/mol. The van der Waals surface area contributed by atoms with Crippen LogP contribution in [0.2, 0.25) is 0 Å². The van der Waals surface area contributed by atoms with Gasteiger partial charge in [-0.1, -0.05) is 18.2 Å². The number of benzene rings is 1. The topological polar surface area (TPSA) is 70.4 Å². The van der Waals surface area contributed by atoms with Gasteiger partial charge >= 0.3 is 0 Å². The molecule has 2 saturated heterocycles. The van der Waals surface area contributed by atoms with Gasteiger partial charge in [-0.15, -0.1) is 0 Å². The van der Waals surface area contributed by atoms with Crippen molar-refractivity contribution < 1.29 is 9.47 Å². The van der Waals surface area contributed by atoms with Crippen LogP contribution in [-0.4, -0.2) is 48.3 Å². The highest BCUT2D eigenvalue weighted by atomic mass is 16.5. The maximum atomic E-state index is 8.99. The van der Waals surface area contributed by atoms with Crippen LogP contribution in [0, 0.1) is 11.3 Å². The molecule has 2 fully saturated rings. The first-order valence-corrected chi connectivity index (χ1v) is 9.31. The number of pyridine rings is 1. The van der Waals surface area contributed by atoms with Crippen LogP contribution in [0.3, 0.4) is 0 Å². The molecule has 2 aliphatic rings. The number of likely N-dealkylation sites (tertiary alicyclic amines) is 1. The number of anilines is 1. The zero-order chi connectivity index (χ0) is 18.7. The van der Waals surface area contributed by atoms with Crippen LogP contribution in [0.1, 0.15) is 24.1 Å². The molecule has 1 spiro atoms. The number of rotatable bonds is 5. The molecule has 4 rings (SSSR count). The van der Waals surface area contributed by atoms with E-state index in [0.29, 0.717) is 12.3 Å². The molecule has 2 atom stereocenters. The minimum atomic E-state index is -0.0724. The fraction of sp³-hybridized carbons (Fsp3) is 0.429. The minimum Gasteiger partial charge on any atom is -0.497 e. The Bertz CT molecular complexity index is 833. The van der Waals surface area contributed by atoms with Crippen LogP contribution in [0.15, 0.2) is 42.5 Å². The average Bonchev–Trinajstić information content (AvgIpc) is 3.28. The Morgan fingerprint density at radius 3 is 2.96 bits per heavy atom. The Kier molecular flexibility index (Phi) is 4.97. The van der Waals surface area contributed by atoms with Gasteiger partial charge in [-0.25, -0.2) is 4.98 Å². The van der Waals surface area contributed by atoms with Crippen molar-refractivity contribution in [2.45, 2.75) is 31.0 Å². The highest BCUT2D eigenvalue weighted by molar-refractivity contribution is 5.39. The summed E-state index contributed by atoms with van der Waals surface area (Å²) < 4.78 is 11.5. The fourth-order valence-electron chi connectivity index (χ4n) is 4.06. The van der Waals surface area contributed by atoms with Crippen molar-refractivity contribution in [3.63, 3.8) is 0 Å². The van der Waals surface area contributed by atoms with Gasteiger partial charge in [0.25, 0.3) is 0 Å². The third-order valence-electron chi connectivity index (χ3n) is 5.39. The van der Waals surface area contributed by atoms with Gasteiger partial charge in [0.2, 0.25) is 0 Å². The van der Waals surface area contributed by atoms with Crippen LogP contribution in [-0.2, 0) is 11.3 Å². The summed E-state index contributed by atoms with van der Waals surface area (Å²) in [6.45, 7) is 3.59. The fourth-order valence-corrected chi connectivity index (χ4v) is 4.06. The highest BCUT2D eigenvalue weighted by Crippen LogP contribution is 2.36. The van der Waals surface area contributed by atoms with Crippen LogP contribution in [0.4, 0.5) is 5.82 Å². The van der Waals surface area contributed by atoms with Crippen LogP contribution >= 0.6 is 0 Å². The van der Waals surface area contributed by atoms with Crippen molar-refractivity contribution in [1.29, 1.82) is 5.26 Å². The molecule has 3 heterocycles. The number of methoxy groups -OCH3 is 1. The standard InChI is InChI=1S/C21H24N4O2/c1-26-19-7-5-16(6-8-19)13-25-10-9-21(15-25)11-18(14-27-21)24-20-4-2-3-17(12-22)23-20/h2-8,18H,9-11,13-15H2,1H3,(H,23,24)/t18-,21+/m1/s1. The van der Waals surface area contributed by atoms with E-state index in [-0.39, 0.29) is 11.6 Å². The Hall–Kier alpha value is -2.62. The van der Waals surface area contributed by atoms with Gasteiger partial charge in [0.15, 0.2) is 0 Å². The van der Waals surface area contributed by atoms with Crippen molar-refractivity contribution in [1.82, 2.24) is 9.88 Å². The molecule has 0 aliphatic carbocycles. The van der Waals surface area contributed by atoms with E-state index in [9.17, 15) is 0 Å². The predicted molar refractivity (Wildman–Crippen MR) is 103 cm³/mol. The second-order valence-electron chi connectivity index (χ2n) is 7.37. The van der Waals surface area contributed by atoms with E-state index in [0.717, 1.165) is 44.0 Å². The smallest absolute Gasteiger partial charge is 0.142 e. The third kappa shape index (κ3) is 4.05. The number of ether oxygens (including phenoxy) is 2. The Labute approximate surface area is 159 Å². The second-order valence-corrected chi connectivity index (χ2v) is 7.37. The number of aromatic nitrogens is 1. The van der Waals surface area contributed by atoms with E-state index in [1.165, 1.54) is 5.56 Å². The summed E-state index contributed by atoms with van der Waals surface area (Å²) in [4.78, 5) is 6.76. The van der Waals surface area contributed by atoms with Crippen molar-refractivity contribution in [2.75, 3.05) is 32.1 Å². The number of hydrogen-bond acceptors (Lipinski definition) is 6. The molecule has 0 saturated carbocycles. The van der Waals surface area contributed by atoms with Crippen molar-refractivity contribution in [3.05, 3.63) is 53.7 Å². The predicted octanol–water partition coefficient (Wildman–Crippen LogP) is 2.81. The first-order valence-electron chi connectivity index (χ1n) is 9.31. The summed E-state index contributed by atoms with van der Waals surface area (Å²) in [6, 6.07) is 16.0. The lowest BCUT2D eigenvalue weighted by Crippen LogP contribution is -2.33. The van der Waals surface area contributed by atoms with Gasteiger partial charge in [-0.05, 0) is 36.2 Å². The maximum absolute atomic E-state index is 8.99. The van der Waals surface area contributed by atoms with Crippen molar-refractivity contribution in [2.24, 2.45) is 0 Å². The van der Waals surface area contributed by atoms with Gasteiger partial charge < -0.3 is 14.8 Å². The molecule has 2 aliphatic heterocycles. The molecule has 0 radical (unpaired) electrons. The van der Waals surface area contributed by atoms with Gasteiger partial charge in [0.05, 0.1) is 25.4 Å². The zero-order valence-electron chi connectivity index (χ0n) is 15.5. The maximum Gasteiger partial charge on any atom is 0.142 e. The lowest BCUT2D eigenvalue weighted by Gasteiger charge is -2.23. The zero-order valence-corrected chi connectivity index (χ0v) is 15.5. The lowest BCUT2D eigenvalue weighted by atomic mass is 9.97. The van der Waals surface area contributed by atoms with Gasteiger partial charge in [0, 0.05) is 26.1 Å². The first kappa shape index (κ1) is 17.8. The normalized spacial score (nSPS) is 24.8. The molecule has 0 unspecified atom stereocenters. The third-order valence-corrected chi connectivity index (χ3v) is 5.39. The van der Waals surface area contributed by atoms with E-state index in [2.05, 4.69) is 33.4 Å². The summed E-state index contributed by atoms with van der Waals surface area (Å²) >= 11 is 0. The number of nitrogens with one attached hydrogen (secondary N) is 1. The molecule has 6 nitrogen and oxygen atoms in total. The van der Waals surface area contributed by atoms with E-state index in [1.54, 1.807) is 13.2 Å². The Morgan fingerprint density at radius 2 is 2.19 bits per heavy atom. The van der Waals surface area contributed by atoms with Gasteiger partial charge in [-0.2, -0.15) is 5.26 Å². The van der Waals surface area contributed by atoms with Crippen molar-refractivity contribution >= 4 is 5.82 Å². The summed E-state index contributed by atoms with van der Waals surface area (Å²) in [5, 5.41) is 12.4. The van der Waals surface area contributed by atoms with Crippen molar-refractivity contribution in [3.8, 4) is 11.8 Å². The molecule has 1 aromatic heterocycles. The van der Waals surface area contributed by atoms with Gasteiger partial charge in [-0.3, -0.25) is 4.90 Å². The van der Waals surface area contributed by atoms with Crippen LogP contribution < -0.4 is 10.1 Å². The quantitative estimate of drug-likeness (QED) is 0.880. The summed E-state index contributed by atoms with van der Waals surface area (Å²) in [5.74, 6) is 1.63. The van der Waals surface area contributed by atoms with E-state index >= 15 is 0 Å². The van der Waals surface area contributed by atoms with E-state index in [1.807, 2.05) is 24.3 Å². The molecule has 0 amide bonds. The summed E-state index contributed by atoms with van der Waals surface area (Å²) in [7, 11) is 1.69. The van der Waals surface area contributed by atoms with E-state index in [4.69, 9.17) is 14.7 Å². The molecule has 27 heavy (non-hydrogen) atoms. The first-order chi connectivity index (χ1) is 13.2. The monoisotopic (exact) mass is 364 g/mol. The highest BCUT2D eigenvalue weighted by Gasteiger charge is 2.45. The Balaban J connectivity index is 1.33. The molecule has 1 N–H and O–H groups in total. The Morgan fingerprint density at radius 1 is 1.33 bits per heavy atom. The number of nitrogens with zero attached hydrogens (tertiary/aromatic N) is 3. The number of hydrogen-bond donors (Lipinski definition) is 1. The summed E-state index contributed by atoms with van der Waals surface area (Å²) in [6.07, 6.45) is 2.01. The molecule has 140 valence electrons. The van der Waals surface area contributed by atoms with Gasteiger partial charge in [0.1, 0.15) is 23.3 Å². The van der Waals surface area contributed by atoms with Crippen LogP contribution in [0.5, 0.6) is 5.75 Å². The SMILES string of the molecule is COc1ccc(CN2CC[C@]3(C[C@@H](Nc4cccc(C#N)n4)CO3)C2)cc1. The molecular formula is C21H24N4O2. The largest absolute Gasteiger partial charge is 0.497 e. The summed E-state index contributed by atoms with van der Waals surface area (Å²) in [5.41, 5.74) is 1.65. The lowest BCUT2D eigenvalue weighted by molar-refractivity contribution is 0.0120. The molecule has 0 bridgehead atoms. The average molecular weight is 364 g/mol. The second kappa shape index (κ2) is 7.55. The minimum absolute atomic E-state index is 0.0724. The molecule has 2 aromatic rings. The molecule has 1 aromatic carbocycles. The van der Waals surface area contributed by atoms with Crippen LogP contribution in [0.25, 0.3) is 0 Å². The number of nitriles is 1. The van der Waals surface area contributed by atoms with E-state index < -0.39 is 0 Å². The molecule has 6 heteroatoms.